The predicted octanol–water partition coefficient (Wildman–Crippen LogP) is 2.44. The molecule has 0 radical (unpaired) electrons. The Labute approximate surface area is 108 Å². The second-order valence-electron chi connectivity index (χ2n) is 4.51. The molecule has 104 valence electrons. The maximum atomic E-state index is 13.1. The molecule has 1 fully saturated rings. The maximum Gasteiger partial charge on any atom is 0.267 e. The highest BCUT2D eigenvalue weighted by molar-refractivity contribution is 5.82. The van der Waals surface area contributed by atoms with Crippen LogP contribution in [0.3, 0.4) is 0 Å². The number of hydroxylamine groups is 1. The minimum absolute atomic E-state index is 0.0665. The average molecular weight is 273 g/mol. The van der Waals surface area contributed by atoms with Gasteiger partial charge in [0.1, 0.15) is 5.82 Å². The molecule has 1 heterocycles. The Kier molecular flexibility index (Phi) is 3.66. The quantitative estimate of drug-likeness (QED) is 0.469. The topological polar surface area (TPSA) is 47.9 Å². The molecule has 0 atom stereocenters. The second kappa shape index (κ2) is 5.08. The first-order chi connectivity index (χ1) is 8.91. The zero-order chi connectivity index (χ0) is 14.0. The Hall–Kier alpha value is -1.76. The average Bonchev–Trinajstić information content (AvgIpc) is 2.71. The molecule has 2 rings (SSSR count). The molecule has 0 unspecified atom stereocenters. The monoisotopic (exact) mass is 273 g/mol. The van der Waals surface area contributed by atoms with Crippen LogP contribution in [0.1, 0.15) is 12.0 Å². The third kappa shape index (κ3) is 3.17. The number of hydrogen-bond donors (Lipinski definition) is 2. The summed E-state index contributed by atoms with van der Waals surface area (Å²) in [6, 6.07) is 4.12. The minimum Gasteiger partial charge on any atom is -0.335 e. The van der Waals surface area contributed by atoms with Crippen LogP contribution in [0, 0.1) is 12.7 Å². The predicted molar refractivity (Wildman–Crippen MR) is 64.3 cm³/mol. The number of halogens is 3. The lowest BCUT2D eigenvalue weighted by molar-refractivity contribution is 0.0167. The van der Waals surface area contributed by atoms with Gasteiger partial charge in [0.2, 0.25) is 5.96 Å². The van der Waals surface area contributed by atoms with Crippen molar-refractivity contribution in [2.75, 3.05) is 13.1 Å². The van der Waals surface area contributed by atoms with Gasteiger partial charge in [-0.15, -0.1) is 0 Å². The Bertz CT molecular complexity index is 505. The summed E-state index contributed by atoms with van der Waals surface area (Å²) in [5, 5.41) is 9.00. The maximum absolute atomic E-state index is 13.1. The van der Waals surface area contributed by atoms with Gasteiger partial charge >= 0.3 is 0 Å². The fourth-order valence-electron chi connectivity index (χ4n) is 1.90. The first-order valence-electron chi connectivity index (χ1n) is 5.79. The summed E-state index contributed by atoms with van der Waals surface area (Å²) in [6.45, 7) is 1.17. The van der Waals surface area contributed by atoms with Gasteiger partial charge in [0.25, 0.3) is 5.92 Å². The Balaban J connectivity index is 2.21. The van der Waals surface area contributed by atoms with E-state index >= 15 is 0 Å². The molecule has 1 aliphatic heterocycles. The zero-order valence-corrected chi connectivity index (χ0v) is 10.3. The molecule has 1 saturated heterocycles. The first kappa shape index (κ1) is 13.7. The van der Waals surface area contributed by atoms with Crippen molar-refractivity contribution in [1.29, 1.82) is 0 Å². The summed E-state index contributed by atoms with van der Waals surface area (Å²) in [5.74, 6) is -3.22. The molecule has 1 aromatic carbocycles. The molecule has 1 aliphatic rings. The van der Waals surface area contributed by atoms with Crippen LogP contribution in [-0.4, -0.2) is 35.1 Å². The van der Waals surface area contributed by atoms with Crippen LogP contribution < -0.4 is 5.48 Å². The van der Waals surface area contributed by atoms with Gasteiger partial charge in [0.05, 0.1) is 12.2 Å². The number of nitrogens with one attached hydrogen (secondary N) is 1. The van der Waals surface area contributed by atoms with Crippen LogP contribution in [0.5, 0.6) is 0 Å². The van der Waals surface area contributed by atoms with E-state index in [0.717, 1.165) is 0 Å². The van der Waals surface area contributed by atoms with Crippen molar-refractivity contribution >= 4 is 11.6 Å². The number of hydrogen-bond acceptors (Lipinski definition) is 2. The number of aliphatic imine (C=N–C) groups is 1. The Morgan fingerprint density at radius 3 is 2.74 bits per heavy atom. The van der Waals surface area contributed by atoms with Gasteiger partial charge in [-0.25, -0.2) is 23.6 Å². The van der Waals surface area contributed by atoms with Gasteiger partial charge in [-0.1, -0.05) is 0 Å². The summed E-state index contributed by atoms with van der Waals surface area (Å²) in [7, 11) is 0. The molecular weight excluding hydrogens is 259 g/mol. The largest absolute Gasteiger partial charge is 0.335 e. The van der Waals surface area contributed by atoms with Gasteiger partial charge in [0.15, 0.2) is 0 Å². The summed E-state index contributed by atoms with van der Waals surface area (Å²) in [5.41, 5.74) is 2.59. The molecule has 4 nitrogen and oxygen atoms in total. The normalized spacial score (nSPS) is 18.8. The van der Waals surface area contributed by atoms with E-state index in [-0.39, 0.29) is 24.7 Å². The lowest BCUT2D eigenvalue weighted by Gasteiger charge is -2.18. The first-order valence-corrected chi connectivity index (χ1v) is 5.79. The van der Waals surface area contributed by atoms with Crippen LogP contribution in [0.2, 0.25) is 0 Å². The van der Waals surface area contributed by atoms with E-state index in [4.69, 9.17) is 5.21 Å². The SMILES string of the molecule is Cc1cc(N=C(NO)N2CCC(F)(F)C2)ccc1F. The minimum atomic E-state index is -2.78. The van der Waals surface area contributed by atoms with E-state index in [2.05, 4.69) is 4.99 Å². The standard InChI is InChI=1S/C12H14F3N3O/c1-8-6-9(2-3-10(8)13)16-11(17-19)18-5-4-12(14,15)7-18/h2-3,6,19H,4-5,7H2,1H3,(H,16,17). The van der Waals surface area contributed by atoms with E-state index in [1.807, 2.05) is 5.48 Å². The van der Waals surface area contributed by atoms with Crippen LogP contribution in [0.4, 0.5) is 18.9 Å². The van der Waals surface area contributed by atoms with Crippen molar-refractivity contribution in [2.24, 2.45) is 4.99 Å². The molecule has 0 bridgehead atoms. The van der Waals surface area contributed by atoms with Gasteiger partial charge in [-0.2, -0.15) is 0 Å². The Morgan fingerprint density at radius 2 is 2.21 bits per heavy atom. The molecule has 0 aromatic heterocycles. The zero-order valence-electron chi connectivity index (χ0n) is 10.3. The third-order valence-corrected chi connectivity index (χ3v) is 2.95. The van der Waals surface area contributed by atoms with E-state index in [1.54, 1.807) is 6.92 Å². The molecule has 19 heavy (non-hydrogen) atoms. The fraction of sp³-hybridized carbons (Fsp3) is 0.417. The summed E-state index contributed by atoms with van der Waals surface area (Å²) in [4.78, 5) is 5.26. The van der Waals surface area contributed by atoms with Crippen LogP contribution in [0.25, 0.3) is 0 Å². The summed E-state index contributed by atoms with van der Waals surface area (Å²) >= 11 is 0. The molecule has 0 saturated carbocycles. The fourth-order valence-corrected chi connectivity index (χ4v) is 1.90. The summed E-state index contributed by atoms with van der Waals surface area (Å²) in [6.07, 6.45) is -0.282. The van der Waals surface area contributed by atoms with E-state index in [0.29, 0.717) is 11.3 Å². The number of guanidine groups is 1. The van der Waals surface area contributed by atoms with Crippen molar-refractivity contribution in [2.45, 2.75) is 19.3 Å². The Morgan fingerprint density at radius 1 is 1.47 bits per heavy atom. The number of benzene rings is 1. The highest BCUT2D eigenvalue weighted by Crippen LogP contribution is 2.27. The second-order valence-corrected chi connectivity index (χ2v) is 4.51. The number of nitrogens with zero attached hydrogens (tertiary/aromatic N) is 2. The van der Waals surface area contributed by atoms with Crippen molar-refractivity contribution in [3.8, 4) is 0 Å². The van der Waals surface area contributed by atoms with Crippen molar-refractivity contribution in [3.05, 3.63) is 29.6 Å². The van der Waals surface area contributed by atoms with Gasteiger partial charge < -0.3 is 4.90 Å². The molecule has 0 spiro atoms. The number of aryl methyl sites for hydroxylation is 1. The van der Waals surface area contributed by atoms with E-state index in [9.17, 15) is 13.2 Å². The van der Waals surface area contributed by atoms with Crippen LogP contribution in [0.15, 0.2) is 23.2 Å². The third-order valence-electron chi connectivity index (χ3n) is 2.95. The van der Waals surface area contributed by atoms with E-state index in [1.165, 1.54) is 23.1 Å². The molecule has 0 amide bonds. The van der Waals surface area contributed by atoms with Crippen molar-refractivity contribution in [3.63, 3.8) is 0 Å². The van der Waals surface area contributed by atoms with Gasteiger partial charge in [0, 0.05) is 13.0 Å². The van der Waals surface area contributed by atoms with Crippen LogP contribution >= 0.6 is 0 Å². The van der Waals surface area contributed by atoms with E-state index < -0.39 is 12.5 Å². The van der Waals surface area contributed by atoms with Gasteiger partial charge in [-0.05, 0) is 30.7 Å². The number of rotatable bonds is 1. The number of likely N-dealkylation sites (tertiary alicyclic amines) is 1. The summed E-state index contributed by atoms with van der Waals surface area (Å²) < 4.78 is 39.3. The lowest BCUT2D eigenvalue weighted by atomic mass is 10.2. The molecule has 2 N–H and O–H groups in total. The smallest absolute Gasteiger partial charge is 0.267 e. The highest BCUT2D eigenvalue weighted by atomic mass is 19.3. The van der Waals surface area contributed by atoms with Gasteiger partial charge in [-0.3, -0.25) is 5.21 Å². The number of alkyl halides is 2. The molecular formula is C12H14F3N3O. The van der Waals surface area contributed by atoms with Crippen molar-refractivity contribution in [1.82, 2.24) is 10.4 Å². The van der Waals surface area contributed by atoms with Crippen molar-refractivity contribution < 1.29 is 18.4 Å². The highest BCUT2D eigenvalue weighted by Gasteiger charge is 2.39. The molecule has 7 heteroatoms. The molecule has 1 aromatic rings. The lowest BCUT2D eigenvalue weighted by Crippen LogP contribution is -2.39. The molecule has 0 aliphatic carbocycles. The van der Waals surface area contributed by atoms with Crippen LogP contribution in [-0.2, 0) is 0 Å².